The Hall–Kier alpha value is -4.17. The Balaban J connectivity index is 1.36. The molecule has 36 heavy (non-hydrogen) atoms. The normalized spacial score (nSPS) is 16.0. The third-order valence-corrected chi connectivity index (χ3v) is 6.42. The minimum atomic E-state index is -0.461. The number of nitrogens with one attached hydrogen (secondary N) is 1. The number of hydrazone groups is 1. The van der Waals surface area contributed by atoms with E-state index in [0.29, 0.717) is 41.9 Å². The smallest absolute Gasteiger partial charge is 0.283 e. The molecule has 0 aromatic heterocycles. The number of amides is 1. The van der Waals surface area contributed by atoms with E-state index in [1.54, 1.807) is 12.1 Å². The monoisotopic (exact) mass is 496 g/mol. The minimum Gasteiger partial charge on any atom is -0.490 e. The van der Waals surface area contributed by atoms with Gasteiger partial charge in [0.25, 0.3) is 5.91 Å². The molecule has 0 unspecified atom stereocenters. The first-order valence-electron chi connectivity index (χ1n) is 11.6. The van der Waals surface area contributed by atoms with Gasteiger partial charge in [-0.3, -0.25) is 10.2 Å². The fourth-order valence-electron chi connectivity index (χ4n) is 3.78. The van der Waals surface area contributed by atoms with Gasteiger partial charge in [0.1, 0.15) is 11.7 Å². The molecular formula is C28H24N4O3S. The molecular weight excluding hydrogens is 472 g/mol. The second-order valence-electron chi connectivity index (χ2n) is 8.09. The van der Waals surface area contributed by atoms with Gasteiger partial charge in [-0.05, 0) is 53.6 Å². The van der Waals surface area contributed by atoms with Crippen molar-refractivity contribution >= 4 is 39.8 Å². The summed E-state index contributed by atoms with van der Waals surface area (Å²) in [6.07, 6.45) is 2.26. The number of nitrogens with zero attached hydrogens (tertiary/aromatic N) is 3. The molecule has 0 fully saturated rings. The second-order valence-corrected chi connectivity index (χ2v) is 9.13. The van der Waals surface area contributed by atoms with E-state index < -0.39 is 5.91 Å². The van der Waals surface area contributed by atoms with Gasteiger partial charge in [0.05, 0.1) is 12.2 Å². The Labute approximate surface area is 213 Å². The van der Waals surface area contributed by atoms with Crippen molar-refractivity contribution in [2.75, 3.05) is 6.61 Å². The Bertz CT molecular complexity index is 1380. The summed E-state index contributed by atoms with van der Waals surface area (Å²) in [6.45, 7) is 2.78. The molecule has 8 heteroatoms. The van der Waals surface area contributed by atoms with Gasteiger partial charge in [-0.15, -0.1) is 0 Å². The average Bonchev–Trinajstić information content (AvgIpc) is 3.29. The number of benzene rings is 3. The molecule has 0 radical (unpaired) electrons. The summed E-state index contributed by atoms with van der Waals surface area (Å²) in [4.78, 5) is 17.0. The topological polar surface area (TPSA) is 87.3 Å². The molecule has 0 bridgehead atoms. The molecule has 5 rings (SSSR count). The summed E-state index contributed by atoms with van der Waals surface area (Å²) in [5.74, 6) is 0.723. The predicted molar refractivity (Wildman–Crippen MR) is 144 cm³/mol. The third kappa shape index (κ3) is 5.23. The molecule has 2 heterocycles. The summed E-state index contributed by atoms with van der Waals surface area (Å²) >= 11 is 1.32. The maximum Gasteiger partial charge on any atom is 0.283 e. The minimum absolute atomic E-state index is 0.00271. The van der Waals surface area contributed by atoms with Crippen LogP contribution in [0, 0.1) is 5.41 Å². The standard InChI is InChI=1S/C28H24N4O3S/c1-2-34-24-16-21(13-14-23(24)35-18-20-11-7-4-8-12-20)15-22-26(29)32-28(30-27(22)33)36-25(31-32)17-19-9-5-3-6-10-19/h3-16,29H,2,17-18H2,1H3/b22-15-,29-26?. The van der Waals surface area contributed by atoms with Gasteiger partial charge in [0, 0.05) is 6.42 Å². The molecule has 2 aliphatic heterocycles. The van der Waals surface area contributed by atoms with Crippen molar-refractivity contribution in [3.8, 4) is 11.5 Å². The van der Waals surface area contributed by atoms with E-state index in [-0.39, 0.29) is 11.4 Å². The van der Waals surface area contributed by atoms with Crippen LogP contribution in [0.15, 0.2) is 94.5 Å². The lowest BCUT2D eigenvalue weighted by atomic mass is 10.1. The summed E-state index contributed by atoms with van der Waals surface area (Å²) in [5, 5.41) is 15.8. The highest BCUT2D eigenvalue weighted by molar-refractivity contribution is 8.26. The highest BCUT2D eigenvalue weighted by atomic mass is 32.2. The van der Waals surface area contributed by atoms with Crippen LogP contribution in [0.4, 0.5) is 0 Å². The van der Waals surface area contributed by atoms with E-state index in [4.69, 9.17) is 14.9 Å². The zero-order valence-electron chi connectivity index (χ0n) is 19.7. The van der Waals surface area contributed by atoms with Crippen LogP contribution >= 0.6 is 11.8 Å². The number of thioether (sulfide) groups is 1. The van der Waals surface area contributed by atoms with Crippen molar-refractivity contribution in [2.24, 2.45) is 10.1 Å². The number of ether oxygens (including phenoxy) is 2. The van der Waals surface area contributed by atoms with E-state index in [0.717, 1.165) is 16.2 Å². The van der Waals surface area contributed by atoms with E-state index in [2.05, 4.69) is 10.1 Å². The van der Waals surface area contributed by atoms with Crippen molar-refractivity contribution < 1.29 is 14.3 Å². The number of carbonyl (C=O) groups excluding carboxylic acids is 1. The van der Waals surface area contributed by atoms with Crippen LogP contribution in [0.5, 0.6) is 11.5 Å². The van der Waals surface area contributed by atoms with E-state index in [1.165, 1.54) is 16.8 Å². The van der Waals surface area contributed by atoms with Gasteiger partial charge in [0.2, 0.25) is 5.17 Å². The largest absolute Gasteiger partial charge is 0.490 e. The first-order valence-corrected chi connectivity index (χ1v) is 12.4. The second kappa shape index (κ2) is 10.6. The Morgan fingerprint density at radius 1 is 0.944 bits per heavy atom. The number of rotatable bonds is 8. The SMILES string of the molecule is CCOc1cc(/C=C2/C(=N)N3N=C(Cc4ccccc4)SC3=NC2=O)ccc1OCc1ccccc1. The van der Waals surface area contributed by atoms with E-state index >= 15 is 0 Å². The van der Waals surface area contributed by atoms with Crippen LogP contribution < -0.4 is 9.47 Å². The first-order chi connectivity index (χ1) is 17.6. The molecule has 0 aliphatic carbocycles. The maximum atomic E-state index is 12.8. The molecule has 2 aliphatic rings. The lowest BCUT2D eigenvalue weighted by Crippen LogP contribution is -2.35. The summed E-state index contributed by atoms with van der Waals surface area (Å²) < 4.78 is 11.8. The Morgan fingerprint density at radius 3 is 2.39 bits per heavy atom. The van der Waals surface area contributed by atoms with E-state index in [9.17, 15) is 4.79 Å². The average molecular weight is 497 g/mol. The van der Waals surface area contributed by atoms with Crippen molar-refractivity contribution in [3.05, 3.63) is 101 Å². The van der Waals surface area contributed by atoms with Gasteiger partial charge in [0.15, 0.2) is 17.3 Å². The highest BCUT2D eigenvalue weighted by Gasteiger charge is 2.35. The van der Waals surface area contributed by atoms with Crippen LogP contribution in [0.2, 0.25) is 0 Å². The molecule has 7 nitrogen and oxygen atoms in total. The van der Waals surface area contributed by atoms with Crippen LogP contribution in [0.1, 0.15) is 23.6 Å². The molecule has 3 aromatic carbocycles. The van der Waals surface area contributed by atoms with Crippen LogP contribution in [0.25, 0.3) is 6.08 Å². The molecule has 0 saturated heterocycles. The lowest BCUT2D eigenvalue weighted by Gasteiger charge is -2.20. The van der Waals surface area contributed by atoms with Gasteiger partial charge >= 0.3 is 0 Å². The molecule has 180 valence electrons. The van der Waals surface area contributed by atoms with Crippen molar-refractivity contribution in [3.63, 3.8) is 0 Å². The zero-order chi connectivity index (χ0) is 24.9. The zero-order valence-corrected chi connectivity index (χ0v) is 20.5. The van der Waals surface area contributed by atoms with Crippen molar-refractivity contribution in [2.45, 2.75) is 20.0 Å². The maximum absolute atomic E-state index is 12.8. The first kappa shape index (κ1) is 23.6. The fourth-order valence-corrected chi connectivity index (χ4v) is 4.70. The van der Waals surface area contributed by atoms with Crippen molar-refractivity contribution in [1.82, 2.24) is 5.01 Å². The van der Waals surface area contributed by atoms with Gasteiger partial charge in [-0.25, -0.2) is 0 Å². The quantitative estimate of drug-likeness (QED) is 0.415. The number of carbonyl (C=O) groups is 1. The van der Waals surface area contributed by atoms with Crippen LogP contribution in [0.3, 0.4) is 0 Å². The molecule has 0 spiro atoms. The Morgan fingerprint density at radius 2 is 1.67 bits per heavy atom. The van der Waals surface area contributed by atoms with Gasteiger partial charge < -0.3 is 9.47 Å². The number of hydrogen-bond donors (Lipinski definition) is 1. The van der Waals surface area contributed by atoms with Gasteiger partial charge in [-0.1, -0.05) is 66.7 Å². The summed E-state index contributed by atoms with van der Waals surface area (Å²) in [6, 6.07) is 25.3. The summed E-state index contributed by atoms with van der Waals surface area (Å²) in [7, 11) is 0. The van der Waals surface area contributed by atoms with Gasteiger partial charge in [-0.2, -0.15) is 15.1 Å². The molecule has 0 atom stereocenters. The highest BCUT2D eigenvalue weighted by Crippen LogP contribution is 2.32. The molecule has 1 amide bonds. The molecule has 0 saturated carbocycles. The number of aliphatic imine (C=N–C) groups is 1. The predicted octanol–water partition coefficient (Wildman–Crippen LogP) is 5.53. The lowest BCUT2D eigenvalue weighted by molar-refractivity contribution is -0.114. The van der Waals surface area contributed by atoms with E-state index in [1.807, 2.05) is 79.7 Å². The number of amidine groups is 2. The third-order valence-electron chi connectivity index (χ3n) is 5.51. The Kier molecular flexibility index (Phi) is 6.95. The van der Waals surface area contributed by atoms with Crippen molar-refractivity contribution in [1.29, 1.82) is 5.41 Å². The van der Waals surface area contributed by atoms with Crippen LogP contribution in [-0.4, -0.2) is 33.6 Å². The van der Waals surface area contributed by atoms with Crippen LogP contribution in [-0.2, 0) is 17.8 Å². The summed E-state index contributed by atoms with van der Waals surface area (Å²) in [5.41, 5.74) is 3.04. The molecule has 3 aromatic rings. The fraction of sp³-hybridized carbons (Fsp3) is 0.143. The molecule has 1 N–H and O–H groups in total. The number of hydrogen-bond acceptors (Lipinski definition) is 6. The number of fused-ring (bicyclic) bond motifs is 1.